The van der Waals surface area contributed by atoms with E-state index in [1.807, 2.05) is 97.1 Å². The Bertz CT molecular complexity index is 1370. The number of rotatable bonds is 9. The maximum absolute atomic E-state index is 12.6. The van der Waals surface area contributed by atoms with Gasteiger partial charge in [-0.3, -0.25) is 0 Å². The van der Waals surface area contributed by atoms with E-state index in [1.165, 1.54) is 0 Å². The van der Waals surface area contributed by atoms with Crippen molar-refractivity contribution in [1.82, 2.24) is 10.3 Å². The second-order valence-corrected chi connectivity index (χ2v) is 10.8. The third-order valence-electron chi connectivity index (χ3n) is 6.87. The fourth-order valence-electron chi connectivity index (χ4n) is 4.63. The molecule has 1 saturated heterocycles. The summed E-state index contributed by atoms with van der Waals surface area (Å²) in [6.45, 7) is 2.57. The van der Waals surface area contributed by atoms with Crippen LogP contribution in [0, 0.1) is 5.92 Å². The average Bonchev–Trinajstić information content (AvgIpc) is 3.01. The number of ether oxygens (including phenoxy) is 2. The summed E-state index contributed by atoms with van der Waals surface area (Å²) in [5.41, 5.74) is 4.37. The van der Waals surface area contributed by atoms with Gasteiger partial charge in [0.2, 0.25) is 0 Å². The van der Waals surface area contributed by atoms with Crippen molar-refractivity contribution in [3.63, 3.8) is 0 Å². The molecule has 0 aliphatic carbocycles. The summed E-state index contributed by atoms with van der Waals surface area (Å²) in [5.74, 6) is 0.779. The van der Waals surface area contributed by atoms with Gasteiger partial charge in [-0.25, -0.2) is 9.78 Å². The number of aromatic nitrogens is 1. The predicted octanol–water partition coefficient (Wildman–Crippen LogP) is 6.48. The van der Waals surface area contributed by atoms with E-state index in [9.17, 15) is 9.90 Å². The number of pyridine rings is 1. The van der Waals surface area contributed by atoms with Crippen LogP contribution in [0.5, 0.6) is 0 Å². The van der Waals surface area contributed by atoms with Crippen LogP contribution < -0.4 is 10.6 Å². The maximum Gasteiger partial charge on any atom is 0.319 e. The second-order valence-electron chi connectivity index (χ2n) is 9.72. The van der Waals surface area contributed by atoms with Crippen LogP contribution in [-0.4, -0.2) is 28.0 Å². The lowest BCUT2D eigenvalue weighted by atomic mass is 9.91. The first-order valence-electron chi connectivity index (χ1n) is 13.3. The fourth-order valence-corrected chi connectivity index (χ4v) is 5.65. The van der Waals surface area contributed by atoms with Crippen molar-refractivity contribution in [2.45, 2.75) is 43.6 Å². The number of benzene rings is 3. The number of thioether (sulfide) groups is 1. The Hall–Kier alpha value is -3.69. The smallest absolute Gasteiger partial charge is 0.319 e. The van der Waals surface area contributed by atoms with Crippen molar-refractivity contribution in [3.8, 4) is 0 Å². The minimum Gasteiger partial charge on any atom is -0.392 e. The summed E-state index contributed by atoms with van der Waals surface area (Å²) < 4.78 is 13.1. The number of carbonyl (C=O) groups excluding carboxylic acids is 1. The molecule has 4 atom stereocenters. The largest absolute Gasteiger partial charge is 0.392 e. The number of nitrogens with one attached hydrogen (secondary N) is 2. The second kappa shape index (κ2) is 13.6. The molecule has 1 aromatic heterocycles. The van der Waals surface area contributed by atoms with E-state index in [2.05, 4.69) is 22.5 Å². The topological polar surface area (TPSA) is 92.7 Å². The maximum atomic E-state index is 12.6. The van der Waals surface area contributed by atoms with E-state index in [-0.39, 0.29) is 30.8 Å². The van der Waals surface area contributed by atoms with Gasteiger partial charge >= 0.3 is 6.03 Å². The Morgan fingerprint density at radius 2 is 1.70 bits per heavy atom. The van der Waals surface area contributed by atoms with Gasteiger partial charge in [0, 0.05) is 35.7 Å². The highest BCUT2D eigenvalue weighted by Crippen LogP contribution is 2.43. The first-order chi connectivity index (χ1) is 19.6. The first-order valence-corrected chi connectivity index (χ1v) is 14.3. The van der Waals surface area contributed by atoms with Crippen LogP contribution >= 0.6 is 11.8 Å². The monoisotopic (exact) mass is 555 g/mol. The lowest BCUT2D eigenvalue weighted by Gasteiger charge is -2.41. The Morgan fingerprint density at radius 1 is 0.900 bits per heavy atom. The molecule has 3 aromatic carbocycles. The Labute approximate surface area is 239 Å². The van der Waals surface area contributed by atoms with Gasteiger partial charge in [-0.15, -0.1) is 11.8 Å². The number of aliphatic hydroxyl groups excluding tert-OH is 1. The lowest BCUT2D eigenvalue weighted by molar-refractivity contribution is -0.268. The molecule has 2 amide bonds. The predicted molar refractivity (Wildman–Crippen MR) is 157 cm³/mol. The molecule has 0 bridgehead atoms. The van der Waals surface area contributed by atoms with Crippen molar-refractivity contribution in [3.05, 3.63) is 126 Å². The van der Waals surface area contributed by atoms with Crippen LogP contribution in [0.3, 0.4) is 0 Å². The van der Waals surface area contributed by atoms with E-state index in [0.717, 1.165) is 27.3 Å². The van der Waals surface area contributed by atoms with Crippen molar-refractivity contribution < 1.29 is 19.4 Å². The Balaban J connectivity index is 1.32. The van der Waals surface area contributed by atoms with Gasteiger partial charge in [0.15, 0.2) is 6.29 Å². The van der Waals surface area contributed by atoms with Gasteiger partial charge < -0.3 is 25.2 Å². The van der Waals surface area contributed by atoms with Crippen LogP contribution in [0.25, 0.3) is 0 Å². The van der Waals surface area contributed by atoms with Gasteiger partial charge in [-0.1, -0.05) is 79.7 Å². The number of anilines is 1. The highest BCUT2D eigenvalue weighted by Gasteiger charge is 2.38. The molecule has 1 fully saturated rings. The number of carbonyl (C=O) groups is 1. The molecular weight excluding hydrogens is 522 g/mol. The minimum atomic E-state index is -0.623. The fraction of sp³-hybridized carbons (Fsp3) is 0.250. The van der Waals surface area contributed by atoms with Crippen LogP contribution in [0.2, 0.25) is 0 Å². The summed E-state index contributed by atoms with van der Waals surface area (Å²) in [4.78, 5) is 17.0. The van der Waals surface area contributed by atoms with Crippen LogP contribution in [0.4, 0.5) is 10.5 Å². The molecule has 4 aromatic rings. The molecule has 0 saturated carbocycles. The molecule has 7 nitrogen and oxygen atoms in total. The normalized spacial score (nSPS) is 20.6. The van der Waals surface area contributed by atoms with Crippen molar-refractivity contribution in [2.24, 2.45) is 5.92 Å². The summed E-state index contributed by atoms with van der Waals surface area (Å²) >= 11 is 1.66. The molecule has 2 heterocycles. The van der Waals surface area contributed by atoms with Crippen LogP contribution in [-0.2, 0) is 22.6 Å². The van der Waals surface area contributed by atoms with Gasteiger partial charge in [0.25, 0.3) is 0 Å². The molecule has 40 heavy (non-hydrogen) atoms. The molecule has 1 aliphatic rings. The standard InChI is InChI=1S/C32H33N3O4S/c1-22-28(21-40-29-12-5-6-17-33-29)38-31(39-30(22)25-15-13-24(20-36)14-16-25)26-10-7-11-27(18-26)35-32(37)34-19-23-8-3-2-4-9-23/h2-18,22,28,30-31,36H,19-21H2,1H3,(H2,34,35,37)/t22-,28+,30+,31+/m1/s1. The molecule has 8 heteroatoms. The molecule has 0 unspecified atom stereocenters. The van der Waals surface area contributed by atoms with Crippen molar-refractivity contribution in [2.75, 3.05) is 11.1 Å². The molecule has 206 valence electrons. The Morgan fingerprint density at radius 3 is 2.45 bits per heavy atom. The highest BCUT2D eigenvalue weighted by atomic mass is 32.2. The summed E-state index contributed by atoms with van der Waals surface area (Å²) in [7, 11) is 0. The third kappa shape index (κ3) is 7.28. The van der Waals surface area contributed by atoms with E-state index in [4.69, 9.17) is 9.47 Å². The zero-order chi connectivity index (χ0) is 27.7. The number of amides is 2. The van der Waals surface area contributed by atoms with Crippen molar-refractivity contribution in [1.29, 1.82) is 0 Å². The Kier molecular flexibility index (Phi) is 9.46. The number of hydrogen-bond donors (Lipinski definition) is 3. The number of aliphatic hydroxyl groups is 1. The van der Waals surface area contributed by atoms with E-state index < -0.39 is 6.29 Å². The molecule has 1 aliphatic heterocycles. The lowest BCUT2D eigenvalue weighted by Crippen LogP contribution is -2.38. The minimum absolute atomic E-state index is 0.00481. The molecule has 0 radical (unpaired) electrons. The molecule has 3 N–H and O–H groups in total. The van der Waals surface area contributed by atoms with Gasteiger partial charge in [-0.05, 0) is 41.0 Å². The van der Waals surface area contributed by atoms with Crippen LogP contribution in [0.15, 0.2) is 108 Å². The van der Waals surface area contributed by atoms with E-state index >= 15 is 0 Å². The van der Waals surface area contributed by atoms with Crippen LogP contribution in [0.1, 0.15) is 41.6 Å². The van der Waals surface area contributed by atoms with Gasteiger partial charge in [-0.2, -0.15) is 0 Å². The van der Waals surface area contributed by atoms with E-state index in [0.29, 0.717) is 18.0 Å². The average molecular weight is 556 g/mol. The highest BCUT2D eigenvalue weighted by molar-refractivity contribution is 7.99. The molecule has 0 spiro atoms. The number of hydrogen-bond acceptors (Lipinski definition) is 6. The number of urea groups is 1. The first kappa shape index (κ1) is 27.9. The van der Waals surface area contributed by atoms with Crippen molar-refractivity contribution >= 4 is 23.5 Å². The molecular formula is C32H33N3O4S. The van der Waals surface area contributed by atoms with Gasteiger partial charge in [0.1, 0.15) is 0 Å². The number of nitrogens with zero attached hydrogens (tertiary/aromatic N) is 1. The zero-order valence-corrected chi connectivity index (χ0v) is 23.1. The summed E-state index contributed by atoms with van der Waals surface area (Å²) in [6.07, 6.45) is 0.840. The summed E-state index contributed by atoms with van der Waals surface area (Å²) in [5, 5.41) is 16.2. The SMILES string of the molecule is C[C@@H]1[C@H](CSc2ccccn2)O[C@H](c2cccc(NC(=O)NCc3ccccc3)c2)O[C@@H]1c1ccc(CO)cc1. The quantitative estimate of drug-likeness (QED) is 0.205. The third-order valence-corrected chi connectivity index (χ3v) is 7.90. The van der Waals surface area contributed by atoms with Gasteiger partial charge in [0.05, 0.1) is 23.8 Å². The summed E-state index contributed by atoms with van der Waals surface area (Å²) in [6, 6.07) is 30.8. The molecule has 5 rings (SSSR count). The van der Waals surface area contributed by atoms with E-state index in [1.54, 1.807) is 18.0 Å². The zero-order valence-electron chi connectivity index (χ0n) is 22.3.